The highest BCUT2D eigenvalue weighted by Gasteiger charge is 2.26. The number of amides is 1. The maximum atomic E-state index is 11.9. The van der Waals surface area contributed by atoms with Gasteiger partial charge in [-0.1, -0.05) is 37.6 Å². The lowest BCUT2D eigenvalue weighted by Crippen LogP contribution is -2.51. The van der Waals surface area contributed by atoms with E-state index in [-0.39, 0.29) is 5.91 Å². The van der Waals surface area contributed by atoms with Crippen LogP contribution in [0.15, 0.2) is 24.3 Å². The fraction of sp³-hybridized carbons (Fsp3) is 0.533. The number of ether oxygens (including phenoxy) is 1. The van der Waals surface area contributed by atoms with Crippen LogP contribution in [0.3, 0.4) is 0 Å². The van der Waals surface area contributed by atoms with Crippen molar-refractivity contribution in [2.75, 3.05) is 7.11 Å². The molecule has 1 unspecified atom stereocenters. The highest BCUT2D eigenvalue weighted by atomic mass is 16.5. The third-order valence-electron chi connectivity index (χ3n) is 3.08. The van der Waals surface area contributed by atoms with Crippen molar-refractivity contribution in [2.45, 2.75) is 45.4 Å². The molecule has 106 valence electrons. The summed E-state index contributed by atoms with van der Waals surface area (Å²) in [5.41, 5.74) is 7.36. The van der Waals surface area contributed by atoms with Crippen molar-refractivity contribution < 1.29 is 9.53 Å². The van der Waals surface area contributed by atoms with Gasteiger partial charge in [-0.3, -0.25) is 4.79 Å². The van der Waals surface area contributed by atoms with Crippen molar-refractivity contribution in [1.82, 2.24) is 5.32 Å². The number of carbonyl (C=O) groups excluding carboxylic acids is 1. The van der Waals surface area contributed by atoms with Crippen LogP contribution in [0, 0.1) is 0 Å². The van der Waals surface area contributed by atoms with Gasteiger partial charge < -0.3 is 15.8 Å². The molecule has 1 aromatic carbocycles. The third-order valence-corrected chi connectivity index (χ3v) is 3.08. The van der Waals surface area contributed by atoms with Crippen molar-refractivity contribution in [3.8, 4) is 0 Å². The molecule has 19 heavy (non-hydrogen) atoms. The van der Waals surface area contributed by atoms with Gasteiger partial charge in [0.15, 0.2) is 0 Å². The predicted molar refractivity (Wildman–Crippen MR) is 76.5 cm³/mol. The van der Waals surface area contributed by atoms with E-state index in [1.54, 1.807) is 14.0 Å². The minimum absolute atomic E-state index is 0.102. The van der Waals surface area contributed by atoms with Crippen LogP contribution >= 0.6 is 0 Å². The highest BCUT2D eigenvalue weighted by molar-refractivity contribution is 5.85. The lowest BCUT2D eigenvalue weighted by molar-refractivity contribution is -0.126. The molecule has 0 fully saturated rings. The first-order valence-electron chi connectivity index (χ1n) is 6.63. The molecule has 0 spiro atoms. The van der Waals surface area contributed by atoms with Crippen molar-refractivity contribution >= 4 is 5.91 Å². The van der Waals surface area contributed by atoms with Crippen LogP contribution in [0.4, 0.5) is 0 Å². The molecule has 0 aromatic heterocycles. The molecule has 0 aliphatic rings. The molecule has 0 saturated heterocycles. The molecule has 1 amide bonds. The molecular formula is C15H24N2O2. The smallest absolute Gasteiger partial charge is 0.240 e. The van der Waals surface area contributed by atoms with E-state index in [2.05, 4.69) is 5.32 Å². The maximum Gasteiger partial charge on any atom is 0.240 e. The molecule has 1 atom stereocenters. The van der Waals surface area contributed by atoms with E-state index in [1.807, 2.05) is 31.2 Å². The SMILES string of the molecule is CCCC(C)(N)C(=O)NCc1ccc(COC)cc1. The van der Waals surface area contributed by atoms with Crippen LogP contribution in [0.1, 0.15) is 37.8 Å². The number of benzene rings is 1. The number of rotatable bonds is 7. The van der Waals surface area contributed by atoms with Crippen LogP contribution in [-0.2, 0) is 22.7 Å². The van der Waals surface area contributed by atoms with Crippen molar-refractivity contribution in [2.24, 2.45) is 5.73 Å². The van der Waals surface area contributed by atoms with Gasteiger partial charge in [-0.2, -0.15) is 0 Å². The molecule has 3 N–H and O–H groups in total. The van der Waals surface area contributed by atoms with E-state index in [1.165, 1.54) is 0 Å². The van der Waals surface area contributed by atoms with E-state index in [4.69, 9.17) is 10.5 Å². The second-order valence-electron chi connectivity index (χ2n) is 5.10. The fourth-order valence-electron chi connectivity index (χ4n) is 1.94. The first kappa shape index (κ1) is 15.7. The summed E-state index contributed by atoms with van der Waals surface area (Å²) in [4.78, 5) is 11.9. The van der Waals surface area contributed by atoms with Gasteiger partial charge in [0, 0.05) is 13.7 Å². The summed E-state index contributed by atoms with van der Waals surface area (Å²) in [7, 11) is 1.67. The molecule has 1 aromatic rings. The normalized spacial score (nSPS) is 13.9. The molecule has 1 rings (SSSR count). The topological polar surface area (TPSA) is 64.4 Å². The standard InChI is InChI=1S/C15H24N2O2/c1-4-9-15(2,16)14(18)17-10-12-5-7-13(8-6-12)11-19-3/h5-8H,4,9-11,16H2,1-3H3,(H,17,18). The minimum atomic E-state index is -0.787. The van der Waals surface area contributed by atoms with E-state index >= 15 is 0 Å². The second-order valence-corrected chi connectivity index (χ2v) is 5.10. The first-order valence-corrected chi connectivity index (χ1v) is 6.63. The number of carbonyl (C=O) groups is 1. The lowest BCUT2D eigenvalue weighted by atomic mass is 9.96. The minimum Gasteiger partial charge on any atom is -0.380 e. The van der Waals surface area contributed by atoms with Crippen molar-refractivity contribution in [3.05, 3.63) is 35.4 Å². The zero-order chi connectivity index (χ0) is 14.3. The fourth-order valence-corrected chi connectivity index (χ4v) is 1.94. The van der Waals surface area contributed by atoms with Gasteiger partial charge in [0.05, 0.1) is 12.1 Å². The van der Waals surface area contributed by atoms with E-state index in [0.717, 1.165) is 17.5 Å². The van der Waals surface area contributed by atoms with Crippen LogP contribution < -0.4 is 11.1 Å². The predicted octanol–water partition coefficient (Wildman–Crippen LogP) is 1.97. The van der Waals surface area contributed by atoms with Crippen molar-refractivity contribution in [3.63, 3.8) is 0 Å². The number of methoxy groups -OCH3 is 1. The highest BCUT2D eigenvalue weighted by Crippen LogP contribution is 2.10. The summed E-state index contributed by atoms with van der Waals surface area (Å²) in [6.07, 6.45) is 1.58. The lowest BCUT2D eigenvalue weighted by Gasteiger charge is -2.22. The Morgan fingerprint density at radius 1 is 1.32 bits per heavy atom. The monoisotopic (exact) mass is 264 g/mol. The summed E-state index contributed by atoms with van der Waals surface area (Å²) in [6.45, 7) is 4.90. The zero-order valence-corrected chi connectivity index (χ0v) is 12.0. The van der Waals surface area contributed by atoms with Crippen LogP contribution in [0.5, 0.6) is 0 Å². The van der Waals surface area contributed by atoms with Crippen LogP contribution in [0.2, 0.25) is 0 Å². The Kier molecular flexibility index (Phi) is 5.99. The Labute approximate surface area is 115 Å². The van der Waals surface area contributed by atoms with Crippen molar-refractivity contribution in [1.29, 1.82) is 0 Å². The Morgan fingerprint density at radius 2 is 1.89 bits per heavy atom. The largest absolute Gasteiger partial charge is 0.380 e. The zero-order valence-electron chi connectivity index (χ0n) is 12.0. The average molecular weight is 264 g/mol. The molecule has 0 heterocycles. The summed E-state index contributed by atoms with van der Waals surface area (Å²) < 4.78 is 5.05. The molecule has 4 heteroatoms. The second kappa shape index (κ2) is 7.26. The van der Waals surface area contributed by atoms with Crippen LogP contribution in [0.25, 0.3) is 0 Å². The molecule has 0 aliphatic carbocycles. The van der Waals surface area contributed by atoms with Gasteiger partial charge in [0.25, 0.3) is 0 Å². The number of nitrogens with two attached hydrogens (primary N) is 1. The Bertz CT molecular complexity index is 399. The van der Waals surface area contributed by atoms with Gasteiger partial charge >= 0.3 is 0 Å². The number of nitrogens with one attached hydrogen (secondary N) is 1. The number of hydrogen-bond acceptors (Lipinski definition) is 3. The van der Waals surface area contributed by atoms with Gasteiger partial charge in [-0.05, 0) is 24.5 Å². The molecular weight excluding hydrogens is 240 g/mol. The quantitative estimate of drug-likeness (QED) is 0.791. The summed E-state index contributed by atoms with van der Waals surface area (Å²) in [5, 5.41) is 2.88. The average Bonchev–Trinajstić information content (AvgIpc) is 2.38. The molecule has 0 saturated carbocycles. The molecule has 0 bridgehead atoms. The Morgan fingerprint density at radius 3 is 2.42 bits per heavy atom. The van der Waals surface area contributed by atoms with Gasteiger partial charge in [-0.15, -0.1) is 0 Å². The van der Waals surface area contributed by atoms with E-state index in [9.17, 15) is 4.79 Å². The van der Waals surface area contributed by atoms with E-state index < -0.39 is 5.54 Å². The van der Waals surface area contributed by atoms with Gasteiger partial charge in [-0.25, -0.2) is 0 Å². The first-order chi connectivity index (χ1) is 8.99. The Balaban J connectivity index is 2.50. The molecule has 0 radical (unpaired) electrons. The van der Waals surface area contributed by atoms with E-state index in [0.29, 0.717) is 19.6 Å². The Hall–Kier alpha value is -1.39. The third kappa shape index (κ3) is 5.01. The summed E-state index contributed by atoms with van der Waals surface area (Å²) >= 11 is 0. The summed E-state index contributed by atoms with van der Waals surface area (Å²) in [6, 6.07) is 7.97. The van der Waals surface area contributed by atoms with Crippen LogP contribution in [-0.4, -0.2) is 18.6 Å². The molecule has 0 aliphatic heterocycles. The summed E-state index contributed by atoms with van der Waals surface area (Å²) in [5.74, 6) is -0.102. The maximum absolute atomic E-state index is 11.9. The van der Waals surface area contributed by atoms with Gasteiger partial charge in [0.1, 0.15) is 0 Å². The number of hydrogen-bond donors (Lipinski definition) is 2. The molecule has 4 nitrogen and oxygen atoms in total. The van der Waals surface area contributed by atoms with Gasteiger partial charge in [0.2, 0.25) is 5.91 Å².